The third-order valence-electron chi connectivity index (χ3n) is 1.58. The highest BCUT2D eigenvalue weighted by atomic mass is 19.4. The summed E-state index contributed by atoms with van der Waals surface area (Å²) in [7, 11) is 0. The molecular formula is C9H9F3O3. The van der Waals surface area contributed by atoms with Crippen molar-refractivity contribution < 1.29 is 28.1 Å². The number of halogens is 3. The molecule has 15 heavy (non-hydrogen) atoms. The summed E-state index contributed by atoms with van der Waals surface area (Å²) in [5.74, 6) is 0.149. The van der Waals surface area contributed by atoms with Crippen LogP contribution >= 0.6 is 0 Å². The summed E-state index contributed by atoms with van der Waals surface area (Å²) < 4.78 is 41.1. The maximum atomic E-state index is 12.1. The van der Waals surface area contributed by atoms with Gasteiger partial charge >= 0.3 is 6.18 Å². The van der Waals surface area contributed by atoms with E-state index in [1.807, 2.05) is 0 Å². The van der Waals surface area contributed by atoms with Crippen molar-refractivity contribution in [3.05, 3.63) is 29.8 Å². The Morgan fingerprint density at radius 1 is 1.13 bits per heavy atom. The molecule has 3 nitrogen and oxygen atoms in total. The number of rotatable bonds is 3. The molecule has 0 amide bonds. The van der Waals surface area contributed by atoms with Gasteiger partial charge in [-0.15, -0.1) is 0 Å². The minimum Gasteiger partial charge on any atom is -0.488 e. The second kappa shape index (κ2) is 4.50. The van der Waals surface area contributed by atoms with Gasteiger partial charge in [-0.1, -0.05) is 0 Å². The highest BCUT2D eigenvalue weighted by Gasteiger charge is 2.29. The van der Waals surface area contributed by atoms with E-state index in [0.717, 1.165) is 24.3 Å². The number of ether oxygens (including phenoxy) is 1. The second-order valence-corrected chi connectivity index (χ2v) is 2.81. The Morgan fingerprint density at radius 3 is 2.07 bits per heavy atom. The molecule has 84 valence electrons. The van der Waals surface area contributed by atoms with E-state index in [1.165, 1.54) is 0 Å². The van der Waals surface area contributed by atoms with Gasteiger partial charge in [0.15, 0.2) is 6.29 Å². The molecule has 0 aliphatic heterocycles. The summed E-state index contributed by atoms with van der Waals surface area (Å²) in [6.45, 7) is -0.384. The molecular weight excluding hydrogens is 213 g/mol. The molecule has 0 aromatic heterocycles. The van der Waals surface area contributed by atoms with E-state index in [-0.39, 0.29) is 12.4 Å². The van der Waals surface area contributed by atoms with Crippen LogP contribution in [0.1, 0.15) is 5.56 Å². The summed E-state index contributed by atoms with van der Waals surface area (Å²) in [6, 6.07) is 3.95. The molecule has 1 aromatic rings. The van der Waals surface area contributed by atoms with Gasteiger partial charge < -0.3 is 14.9 Å². The zero-order chi connectivity index (χ0) is 11.5. The van der Waals surface area contributed by atoms with Crippen molar-refractivity contribution in [2.75, 3.05) is 6.61 Å². The third-order valence-corrected chi connectivity index (χ3v) is 1.58. The van der Waals surface area contributed by atoms with Crippen LogP contribution < -0.4 is 4.74 Å². The molecule has 0 aliphatic rings. The monoisotopic (exact) mass is 222 g/mol. The lowest BCUT2D eigenvalue weighted by Crippen LogP contribution is -2.16. The molecule has 0 fully saturated rings. The lowest BCUT2D eigenvalue weighted by Gasteiger charge is -2.09. The lowest BCUT2D eigenvalue weighted by atomic mass is 10.2. The van der Waals surface area contributed by atoms with Gasteiger partial charge in [0, 0.05) is 0 Å². The SMILES string of the molecule is OC(O)COc1ccc(C(F)(F)F)cc1. The largest absolute Gasteiger partial charge is 0.488 e. The first-order valence-corrected chi connectivity index (χ1v) is 4.06. The average Bonchev–Trinajstić information content (AvgIpc) is 2.14. The first kappa shape index (κ1) is 11.8. The number of aliphatic hydroxyl groups is 2. The van der Waals surface area contributed by atoms with E-state index >= 15 is 0 Å². The number of hydrogen-bond acceptors (Lipinski definition) is 3. The fourth-order valence-electron chi connectivity index (χ4n) is 0.911. The molecule has 1 aromatic carbocycles. The van der Waals surface area contributed by atoms with Gasteiger partial charge in [-0.2, -0.15) is 13.2 Å². The predicted octanol–water partition coefficient (Wildman–Crippen LogP) is 1.39. The smallest absolute Gasteiger partial charge is 0.416 e. The van der Waals surface area contributed by atoms with Gasteiger partial charge in [-0.25, -0.2) is 0 Å². The van der Waals surface area contributed by atoms with Crippen LogP contribution in [0.25, 0.3) is 0 Å². The average molecular weight is 222 g/mol. The summed E-state index contributed by atoms with van der Waals surface area (Å²) in [4.78, 5) is 0. The molecule has 0 atom stereocenters. The summed E-state index contributed by atoms with van der Waals surface area (Å²) in [6.07, 6.45) is -6.03. The Balaban J connectivity index is 2.65. The van der Waals surface area contributed by atoms with E-state index in [9.17, 15) is 13.2 Å². The van der Waals surface area contributed by atoms with E-state index < -0.39 is 18.0 Å². The van der Waals surface area contributed by atoms with E-state index in [4.69, 9.17) is 14.9 Å². The van der Waals surface area contributed by atoms with Crippen LogP contribution in [0.5, 0.6) is 5.75 Å². The Kier molecular flexibility index (Phi) is 3.54. The molecule has 2 N–H and O–H groups in total. The first-order valence-electron chi connectivity index (χ1n) is 4.06. The molecule has 0 heterocycles. The minimum atomic E-state index is -4.38. The van der Waals surface area contributed by atoms with Crippen molar-refractivity contribution in [3.8, 4) is 5.75 Å². The zero-order valence-corrected chi connectivity index (χ0v) is 7.53. The zero-order valence-electron chi connectivity index (χ0n) is 7.53. The maximum absolute atomic E-state index is 12.1. The van der Waals surface area contributed by atoms with Crippen LogP contribution in [0.4, 0.5) is 13.2 Å². The molecule has 0 bridgehead atoms. The number of hydrogen-bond donors (Lipinski definition) is 2. The Hall–Kier alpha value is -1.27. The molecule has 0 saturated heterocycles. The van der Waals surface area contributed by atoms with Crippen LogP contribution in [0.3, 0.4) is 0 Å². The summed E-state index contributed by atoms with van der Waals surface area (Å²) in [5.41, 5.74) is -0.778. The lowest BCUT2D eigenvalue weighted by molar-refractivity contribution is -0.137. The maximum Gasteiger partial charge on any atom is 0.416 e. The predicted molar refractivity (Wildman–Crippen MR) is 45.2 cm³/mol. The summed E-state index contributed by atoms with van der Waals surface area (Å²) >= 11 is 0. The van der Waals surface area contributed by atoms with Crippen LogP contribution in [0.2, 0.25) is 0 Å². The van der Waals surface area contributed by atoms with Gasteiger partial charge in [0.2, 0.25) is 0 Å². The molecule has 0 unspecified atom stereocenters. The quantitative estimate of drug-likeness (QED) is 0.760. The minimum absolute atomic E-state index is 0.149. The molecule has 0 aliphatic carbocycles. The summed E-state index contributed by atoms with van der Waals surface area (Å²) in [5, 5.41) is 16.9. The van der Waals surface area contributed by atoms with E-state index in [0.29, 0.717) is 0 Å². The highest BCUT2D eigenvalue weighted by molar-refractivity contribution is 5.28. The van der Waals surface area contributed by atoms with Gasteiger partial charge in [-0.05, 0) is 24.3 Å². The molecule has 0 spiro atoms. The molecule has 0 radical (unpaired) electrons. The normalized spacial score (nSPS) is 11.9. The van der Waals surface area contributed by atoms with Gasteiger partial charge in [0.1, 0.15) is 12.4 Å². The molecule has 6 heteroatoms. The first-order chi connectivity index (χ1) is 6.89. The Labute approximate surface area is 83.7 Å². The van der Waals surface area contributed by atoms with E-state index in [2.05, 4.69) is 0 Å². The standard InChI is InChI=1S/C9H9F3O3/c10-9(11,12)6-1-3-7(4-2-6)15-5-8(13)14/h1-4,8,13-14H,5H2. The third kappa shape index (κ3) is 3.77. The van der Waals surface area contributed by atoms with Gasteiger partial charge in [0.05, 0.1) is 5.56 Å². The van der Waals surface area contributed by atoms with Crippen LogP contribution in [-0.2, 0) is 6.18 Å². The molecule has 1 rings (SSSR count). The fourth-order valence-corrected chi connectivity index (χ4v) is 0.911. The van der Waals surface area contributed by atoms with Gasteiger partial charge in [0.25, 0.3) is 0 Å². The van der Waals surface area contributed by atoms with Crippen LogP contribution in [0, 0.1) is 0 Å². The number of aliphatic hydroxyl groups excluding tert-OH is 1. The van der Waals surface area contributed by atoms with Crippen molar-refractivity contribution >= 4 is 0 Å². The van der Waals surface area contributed by atoms with Crippen LogP contribution in [-0.4, -0.2) is 23.1 Å². The van der Waals surface area contributed by atoms with Crippen LogP contribution in [0.15, 0.2) is 24.3 Å². The fraction of sp³-hybridized carbons (Fsp3) is 0.333. The Bertz CT molecular complexity index is 305. The van der Waals surface area contributed by atoms with Crippen molar-refractivity contribution in [2.24, 2.45) is 0 Å². The Morgan fingerprint density at radius 2 is 1.67 bits per heavy atom. The van der Waals surface area contributed by atoms with Crippen molar-refractivity contribution in [3.63, 3.8) is 0 Å². The number of alkyl halides is 3. The second-order valence-electron chi connectivity index (χ2n) is 2.81. The van der Waals surface area contributed by atoms with Gasteiger partial charge in [-0.3, -0.25) is 0 Å². The topological polar surface area (TPSA) is 49.7 Å². The van der Waals surface area contributed by atoms with Crippen molar-refractivity contribution in [2.45, 2.75) is 12.5 Å². The van der Waals surface area contributed by atoms with Crippen molar-refractivity contribution in [1.82, 2.24) is 0 Å². The van der Waals surface area contributed by atoms with E-state index in [1.54, 1.807) is 0 Å². The molecule has 0 saturated carbocycles. The highest BCUT2D eigenvalue weighted by Crippen LogP contribution is 2.30. The van der Waals surface area contributed by atoms with Crippen molar-refractivity contribution in [1.29, 1.82) is 0 Å². The number of benzene rings is 1.